The number of esters is 2. The molecule has 2 heterocycles. The van der Waals surface area contributed by atoms with Gasteiger partial charge in [-0.1, -0.05) is 30.0 Å². The highest BCUT2D eigenvalue weighted by Gasteiger charge is 2.19. The SMILES string of the molecule is CCOC(=O)c1ccoc1COC(=O)c1cccnc1Sc1ccccc1. The maximum Gasteiger partial charge on any atom is 0.341 e. The van der Waals surface area contributed by atoms with Crippen LogP contribution in [0.25, 0.3) is 0 Å². The minimum atomic E-state index is -0.548. The molecule has 0 saturated carbocycles. The van der Waals surface area contributed by atoms with E-state index in [1.54, 1.807) is 25.3 Å². The molecule has 3 rings (SSSR count). The molecule has 1 aromatic carbocycles. The van der Waals surface area contributed by atoms with Gasteiger partial charge < -0.3 is 13.9 Å². The lowest BCUT2D eigenvalue weighted by Crippen LogP contribution is -2.10. The van der Waals surface area contributed by atoms with Gasteiger partial charge in [-0.3, -0.25) is 0 Å². The molecule has 0 atom stereocenters. The number of aromatic nitrogens is 1. The third kappa shape index (κ3) is 4.77. The van der Waals surface area contributed by atoms with Crippen LogP contribution in [0, 0.1) is 0 Å². The molecule has 0 unspecified atom stereocenters. The first-order valence-corrected chi connectivity index (χ1v) is 9.09. The second kappa shape index (κ2) is 9.05. The summed E-state index contributed by atoms with van der Waals surface area (Å²) in [5.74, 6) is -0.824. The van der Waals surface area contributed by atoms with Gasteiger partial charge in [0.25, 0.3) is 0 Å². The fourth-order valence-corrected chi connectivity index (χ4v) is 3.17. The van der Waals surface area contributed by atoms with Crippen LogP contribution < -0.4 is 0 Å². The van der Waals surface area contributed by atoms with Gasteiger partial charge in [-0.25, -0.2) is 14.6 Å². The summed E-state index contributed by atoms with van der Waals surface area (Å²) < 4.78 is 15.5. The van der Waals surface area contributed by atoms with Crippen LogP contribution >= 0.6 is 11.8 Å². The summed E-state index contributed by atoms with van der Waals surface area (Å²) in [4.78, 5) is 29.6. The van der Waals surface area contributed by atoms with E-state index in [4.69, 9.17) is 13.9 Å². The Kier molecular flexibility index (Phi) is 6.27. The van der Waals surface area contributed by atoms with Crippen LogP contribution in [0.4, 0.5) is 0 Å². The van der Waals surface area contributed by atoms with Crippen LogP contribution in [0.3, 0.4) is 0 Å². The third-order valence-corrected chi connectivity index (χ3v) is 4.55. The van der Waals surface area contributed by atoms with Gasteiger partial charge in [-0.2, -0.15) is 0 Å². The number of hydrogen-bond donors (Lipinski definition) is 0. The Labute approximate surface area is 160 Å². The molecule has 0 aliphatic heterocycles. The lowest BCUT2D eigenvalue weighted by Gasteiger charge is -2.08. The molecule has 0 N–H and O–H groups in total. The van der Waals surface area contributed by atoms with Crippen molar-refractivity contribution in [1.82, 2.24) is 4.98 Å². The summed E-state index contributed by atoms with van der Waals surface area (Å²) in [5, 5.41) is 0.541. The zero-order valence-corrected chi connectivity index (χ0v) is 15.4. The Morgan fingerprint density at radius 2 is 1.78 bits per heavy atom. The molecule has 0 fully saturated rings. The Balaban J connectivity index is 1.71. The summed E-state index contributed by atoms with van der Waals surface area (Å²) >= 11 is 1.37. The average molecular weight is 383 g/mol. The zero-order valence-electron chi connectivity index (χ0n) is 14.6. The predicted molar refractivity (Wildman–Crippen MR) is 98.6 cm³/mol. The molecular formula is C20H17NO5S. The van der Waals surface area contributed by atoms with Crippen LogP contribution in [0.2, 0.25) is 0 Å². The van der Waals surface area contributed by atoms with Crippen molar-refractivity contribution in [2.75, 3.05) is 6.61 Å². The minimum Gasteiger partial charge on any atom is -0.465 e. The number of hydrogen-bond acceptors (Lipinski definition) is 7. The van der Waals surface area contributed by atoms with Crippen molar-refractivity contribution in [3.63, 3.8) is 0 Å². The van der Waals surface area contributed by atoms with Crippen molar-refractivity contribution in [1.29, 1.82) is 0 Å². The number of carbonyl (C=O) groups excluding carboxylic acids is 2. The molecule has 2 aromatic heterocycles. The third-order valence-electron chi connectivity index (χ3n) is 3.52. The lowest BCUT2D eigenvalue weighted by atomic mass is 10.2. The number of nitrogens with zero attached hydrogens (tertiary/aromatic N) is 1. The van der Waals surface area contributed by atoms with E-state index < -0.39 is 11.9 Å². The summed E-state index contributed by atoms with van der Waals surface area (Å²) in [6.45, 7) is 1.79. The van der Waals surface area contributed by atoms with E-state index in [-0.39, 0.29) is 24.5 Å². The van der Waals surface area contributed by atoms with Gasteiger partial charge in [0, 0.05) is 11.1 Å². The highest BCUT2D eigenvalue weighted by molar-refractivity contribution is 7.99. The summed E-state index contributed by atoms with van der Waals surface area (Å²) in [6.07, 6.45) is 2.98. The fraction of sp³-hybridized carbons (Fsp3) is 0.150. The van der Waals surface area contributed by atoms with Crippen LogP contribution in [0.1, 0.15) is 33.4 Å². The van der Waals surface area contributed by atoms with Crippen molar-refractivity contribution >= 4 is 23.7 Å². The summed E-state index contributed by atoms with van der Waals surface area (Å²) in [6, 6.07) is 14.4. The van der Waals surface area contributed by atoms with Crippen molar-refractivity contribution < 1.29 is 23.5 Å². The van der Waals surface area contributed by atoms with Gasteiger partial charge in [0.05, 0.1) is 18.4 Å². The van der Waals surface area contributed by atoms with Gasteiger partial charge >= 0.3 is 11.9 Å². The highest BCUT2D eigenvalue weighted by Crippen LogP contribution is 2.29. The molecule has 0 amide bonds. The predicted octanol–water partition coefficient (Wildman–Crippen LogP) is 4.36. The van der Waals surface area contributed by atoms with Crippen molar-refractivity contribution in [3.05, 3.63) is 77.9 Å². The average Bonchev–Trinajstić information content (AvgIpc) is 3.16. The molecule has 138 valence electrons. The number of ether oxygens (including phenoxy) is 2. The van der Waals surface area contributed by atoms with Gasteiger partial charge in [0.2, 0.25) is 0 Å². The first-order valence-electron chi connectivity index (χ1n) is 8.27. The largest absolute Gasteiger partial charge is 0.465 e. The van der Waals surface area contributed by atoms with Gasteiger partial charge in [0.1, 0.15) is 10.6 Å². The lowest BCUT2D eigenvalue weighted by molar-refractivity contribution is 0.0418. The molecule has 0 saturated heterocycles. The van der Waals surface area contributed by atoms with E-state index in [0.717, 1.165) is 4.90 Å². The monoisotopic (exact) mass is 383 g/mol. The minimum absolute atomic E-state index is 0.176. The zero-order chi connectivity index (χ0) is 19.1. The molecule has 7 heteroatoms. The number of rotatable bonds is 7. The van der Waals surface area contributed by atoms with Crippen LogP contribution in [-0.2, 0) is 16.1 Å². The van der Waals surface area contributed by atoms with Crippen molar-refractivity contribution in [2.24, 2.45) is 0 Å². The van der Waals surface area contributed by atoms with E-state index in [1.165, 1.54) is 24.1 Å². The number of benzene rings is 1. The van der Waals surface area contributed by atoms with E-state index in [9.17, 15) is 9.59 Å². The van der Waals surface area contributed by atoms with Crippen molar-refractivity contribution in [2.45, 2.75) is 23.5 Å². The standard InChI is InChI=1S/C20H17NO5S/c1-2-24-19(22)15-10-12-25-17(15)13-26-20(23)16-9-6-11-21-18(16)27-14-7-4-3-5-8-14/h3-12H,2,13H2,1H3. The normalized spacial score (nSPS) is 10.4. The van der Waals surface area contributed by atoms with Crippen LogP contribution in [-0.4, -0.2) is 23.5 Å². The van der Waals surface area contributed by atoms with E-state index >= 15 is 0 Å². The Bertz CT molecular complexity index is 923. The molecule has 27 heavy (non-hydrogen) atoms. The first kappa shape index (κ1) is 18.7. The van der Waals surface area contributed by atoms with E-state index in [2.05, 4.69) is 4.98 Å². The molecule has 0 aliphatic rings. The molecular weight excluding hydrogens is 366 g/mol. The van der Waals surface area contributed by atoms with E-state index in [0.29, 0.717) is 10.6 Å². The molecule has 3 aromatic rings. The van der Waals surface area contributed by atoms with Crippen LogP contribution in [0.5, 0.6) is 0 Å². The van der Waals surface area contributed by atoms with Crippen LogP contribution in [0.15, 0.2) is 75.3 Å². The maximum atomic E-state index is 12.5. The van der Waals surface area contributed by atoms with E-state index in [1.807, 2.05) is 30.3 Å². The second-order valence-corrected chi connectivity index (χ2v) is 6.39. The number of pyridine rings is 1. The number of furan rings is 1. The Morgan fingerprint density at radius 1 is 1.00 bits per heavy atom. The highest BCUT2D eigenvalue weighted by atomic mass is 32.2. The van der Waals surface area contributed by atoms with Gasteiger partial charge in [-0.05, 0) is 37.3 Å². The van der Waals surface area contributed by atoms with Gasteiger partial charge in [0.15, 0.2) is 12.4 Å². The first-order chi connectivity index (χ1) is 13.2. The number of carbonyl (C=O) groups is 2. The summed E-state index contributed by atoms with van der Waals surface area (Å²) in [5.41, 5.74) is 0.588. The second-order valence-electron chi connectivity index (χ2n) is 5.33. The maximum absolute atomic E-state index is 12.5. The topological polar surface area (TPSA) is 78.6 Å². The molecule has 0 bridgehead atoms. The smallest absolute Gasteiger partial charge is 0.341 e. The fourth-order valence-electron chi connectivity index (χ4n) is 2.28. The Hall–Kier alpha value is -3.06. The molecule has 0 aliphatic carbocycles. The molecule has 0 spiro atoms. The summed E-state index contributed by atoms with van der Waals surface area (Å²) in [7, 11) is 0. The molecule has 6 nitrogen and oxygen atoms in total. The Morgan fingerprint density at radius 3 is 2.56 bits per heavy atom. The molecule has 0 radical (unpaired) electrons. The van der Waals surface area contributed by atoms with Crippen molar-refractivity contribution in [3.8, 4) is 0 Å². The van der Waals surface area contributed by atoms with Gasteiger partial charge in [-0.15, -0.1) is 0 Å². The quantitative estimate of drug-likeness (QED) is 0.561.